The van der Waals surface area contributed by atoms with Crippen molar-refractivity contribution in [1.29, 1.82) is 0 Å². The van der Waals surface area contributed by atoms with Gasteiger partial charge in [-0.3, -0.25) is 9.59 Å². The number of aryl methyl sites for hydroxylation is 1. The van der Waals surface area contributed by atoms with E-state index in [-0.39, 0.29) is 23.8 Å². The SMILES string of the molecule is COCCCN(CC(=O)Nc1cc(C(C)(C)C)nn1-c1ccccc1C)C(=O)c1ccccc1Br. The molecule has 0 saturated heterocycles. The van der Waals surface area contributed by atoms with Gasteiger partial charge in [-0.2, -0.15) is 5.10 Å². The summed E-state index contributed by atoms with van der Waals surface area (Å²) in [6.07, 6.45) is 0.620. The van der Waals surface area contributed by atoms with Crippen molar-refractivity contribution in [1.82, 2.24) is 14.7 Å². The Morgan fingerprint density at radius 3 is 2.46 bits per heavy atom. The van der Waals surface area contributed by atoms with Crippen LogP contribution in [0.2, 0.25) is 0 Å². The molecule has 3 aromatic rings. The Labute approximate surface area is 215 Å². The molecule has 7 nitrogen and oxygen atoms in total. The number of benzene rings is 2. The van der Waals surface area contributed by atoms with Crippen LogP contribution in [0.4, 0.5) is 5.82 Å². The first kappa shape index (κ1) is 26.6. The van der Waals surface area contributed by atoms with Crippen molar-refractivity contribution in [2.75, 3.05) is 32.1 Å². The summed E-state index contributed by atoms with van der Waals surface area (Å²) in [5, 5.41) is 7.79. The minimum Gasteiger partial charge on any atom is -0.385 e. The van der Waals surface area contributed by atoms with Crippen molar-refractivity contribution in [2.24, 2.45) is 0 Å². The van der Waals surface area contributed by atoms with Gasteiger partial charge in [0.1, 0.15) is 12.4 Å². The Morgan fingerprint density at radius 1 is 1.11 bits per heavy atom. The van der Waals surface area contributed by atoms with Gasteiger partial charge in [0.15, 0.2) is 0 Å². The number of ether oxygens (including phenoxy) is 1. The summed E-state index contributed by atoms with van der Waals surface area (Å²) in [6.45, 7) is 9.05. The molecule has 0 bridgehead atoms. The standard InChI is InChI=1S/C27H33BrN4O3/c1-19-11-6-9-14-22(19)32-24(17-23(30-32)27(2,3)4)29-25(33)18-31(15-10-16-35-5)26(34)20-12-7-8-13-21(20)28/h6-9,11-14,17H,10,15-16,18H2,1-5H3,(H,29,33). The van der Waals surface area contributed by atoms with E-state index in [4.69, 9.17) is 9.84 Å². The molecule has 0 aliphatic rings. The van der Waals surface area contributed by atoms with Crippen LogP contribution in [-0.2, 0) is 14.9 Å². The summed E-state index contributed by atoms with van der Waals surface area (Å²) < 4.78 is 7.61. The Bertz CT molecular complexity index is 1180. The van der Waals surface area contributed by atoms with Crippen molar-refractivity contribution in [3.63, 3.8) is 0 Å². The number of hydrogen-bond donors (Lipinski definition) is 1. The molecule has 0 aliphatic heterocycles. The molecule has 2 aromatic carbocycles. The van der Waals surface area contributed by atoms with Crippen LogP contribution in [0, 0.1) is 6.92 Å². The average molecular weight is 541 g/mol. The molecule has 0 atom stereocenters. The molecule has 186 valence electrons. The van der Waals surface area contributed by atoms with Gasteiger partial charge < -0.3 is 15.0 Å². The topological polar surface area (TPSA) is 76.5 Å². The molecule has 35 heavy (non-hydrogen) atoms. The molecule has 0 saturated carbocycles. The van der Waals surface area contributed by atoms with Gasteiger partial charge in [-0.05, 0) is 53.0 Å². The molecule has 8 heteroatoms. The zero-order valence-electron chi connectivity index (χ0n) is 21.0. The molecule has 3 rings (SSSR count). The lowest BCUT2D eigenvalue weighted by Gasteiger charge is -2.23. The van der Waals surface area contributed by atoms with Gasteiger partial charge in [0, 0.05) is 36.2 Å². The first-order chi connectivity index (χ1) is 16.6. The van der Waals surface area contributed by atoms with E-state index in [0.29, 0.717) is 35.4 Å². The van der Waals surface area contributed by atoms with Crippen molar-refractivity contribution in [3.8, 4) is 5.69 Å². The molecule has 0 radical (unpaired) electrons. The number of carbonyl (C=O) groups is 2. The molecule has 1 heterocycles. The number of nitrogens with one attached hydrogen (secondary N) is 1. The maximum absolute atomic E-state index is 13.3. The fraction of sp³-hybridized carbons (Fsp3) is 0.370. The van der Waals surface area contributed by atoms with E-state index in [1.165, 1.54) is 0 Å². The predicted molar refractivity (Wildman–Crippen MR) is 142 cm³/mol. The van der Waals surface area contributed by atoms with Crippen LogP contribution in [0.1, 0.15) is 48.8 Å². The number of methoxy groups -OCH3 is 1. The third-order valence-electron chi connectivity index (χ3n) is 5.59. The molecular formula is C27H33BrN4O3. The number of amides is 2. The molecular weight excluding hydrogens is 508 g/mol. The monoisotopic (exact) mass is 540 g/mol. The number of para-hydroxylation sites is 1. The first-order valence-electron chi connectivity index (χ1n) is 11.6. The second-order valence-corrected chi connectivity index (χ2v) is 10.3. The van der Waals surface area contributed by atoms with Crippen LogP contribution in [0.15, 0.2) is 59.1 Å². The Balaban J connectivity index is 1.87. The van der Waals surface area contributed by atoms with Crippen LogP contribution >= 0.6 is 15.9 Å². The average Bonchev–Trinajstić information content (AvgIpc) is 3.22. The Hall–Kier alpha value is -2.97. The largest absolute Gasteiger partial charge is 0.385 e. The highest BCUT2D eigenvalue weighted by atomic mass is 79.9. The number of hydrogen-bond acceptors (Lipinski definition) is 4. The molecule has 2 amide bonds. The number of aromatic nitrogens is 2. The number of nitrogens with zero attached hydrogens (tertiary/aromatic N) is 3. The molecule has 0 unspecified atom stereocenters. The van der Waals surface area contributed by atoms with Crippen molar-refractivity contribution in [2.45, 2.75) is 39.5 Å². The van der Waals surface area contributed by atoms with Crippen LogP contribution in [-0.4, -0.2) is 53.3 Å². The minimum absolute atomic E-state index is 0.0896. The molecule has 0 aliphatic carbocycles. The zero-order valence-corrected chi connectivity index (χ0v) is 22.6. The predicted octanol–water partition coefficient (Wildman–Crippen LogP) is 5.36. The highest BCUT2D eigenvalue weighted by molar-refractivity contribution is 9.10. The van der Waals surface area contributed by atoms with E-state index in [2.05, 4.69) is 42.0 Å². The lowest BCUT2D eigenvalue weighted by Crippen LogP contribution is -2.39. The summed E-state index contributed by atoms with van der Waals surface area (Å²) in [5.74, 6) is 0.0592. The quantitative estimate of drug-likeness (QED) is 0.370. The van der Waals surface area contributed by atoms with E-state index in [1.807, 2.05) is 49.4 Å². The third-order valence-corrected chi connectivity index (χ3v) is 6.28. The van der Waals surface area contributed by atoms with Gasteiger partial charge in [0.05, 0.1) is 16.9 Å². The summed E-state index contributed by atoms with van der Waals surface area (Å²) in [7, 11) is 1.62. The third kappa shape index (κ3) is 6.80. The lowest BCUT2D eigenvalue weighted by atomic mass is 9.92. The van der Waals surface area contributed by atoms with Crippen molar-refractivity contribution < 1.29 is 14.3 Å². The van der Waals surface area contributed by atoms with Gasteiger partial charge in [0.2, 0.25) is 5.91 Å². The number of anilines is 1. The van der Waals surface area contributed by atoms with E-state index in [1.54, 1.807) is 28.8 Å². The summed E-state index contributed by atoms with van der Waals surface area (Å²) >= 11 is 3.45. The highest BCUT2D eigenvalue weighted by Crippen LogP contribution is 2.27. The van der Waals surface area contributed by atoms with Crippen molar-refractivity contribution >= 4 is 33.6 Å². The second kappa shape index (κ2) is 11.6. The fourth-order valence-corrected chi connectivity index (χ4v) is 4.09. The number of carbonyl (C=O) groups excluding carboxylic acids is 2. The fourth-order valence-electron chi connectivity index (χ4n) is 3.63. The van der Waals surface area contributed by atoms with Crippen LogP contribution in [0.25, 0.3) is 5.69 Å². The lowest BCUT2D eigenvalue weighted by molar-refractivity contribution is -0.117. The number of rotatable bonds is 9. The maximum atomic E-state index is 13.3. The number of halogens is 1. The maximum Gasteiger partial charge on any atom is 0.255 e. The molecule has 1 aromatic heterocycles. The zero-order chi connectivity index (χ0) is 25.6. The molecule has 0 fully saturated rings. The van der Waals surface area contributed by atoms with Gasteiger partial charge in [0.25, 0.3) is 5.91 Å². The Morgan fingerprint density at radius 2 is 1.80 bits per heavy atom. The second-order valence-electron chi connectivity index (χ2n) is 9.46. The van der Waals surface area contributed by atoms with Crippen LogP contribution < -0.4 is 5.32 Å². The minimum atomic E-state index is -0.294. The summed E-state index contributed by atoms with van der Waals surface area (Å²) in [4.78, 5) is 28.0. The summed E-state index contributed by atoms with van der Waals surface area (Å²) in [5.41, 5.74) is 3.10. The van der Waals surface area contributed by atoms with E-state index in [0.717, 1.165) is 16.9 Å². The molecule has 1 N–H and O–H groups in total. The van der Waals surface area contributed by atoms with Crippen LogP contribution in [0.3, 0.4) is 0 Å². The first-order valence-corrected chi connectivity index (χ1v) is 12.4. The smallest absolute Gasteiger partial charge is 0.255 e. The normalized spacial score (nSPS) is 11.4. The summed E-state index contributed by atoms with van der Waals surface area (Å²) in [6, 6.07) is 17.0. The van der Waals surface area contributed by atoms with Crippen LogP contribution in [0.5, 0.6) is 0 Å². The van der Waals surface area contributed by atoms with Gasteiger partial charge in [-0.1, -0.05) is 51.1 Å². The molecule has 0 spiro atoms. The van der Waals surface area contributed by atoms with Gasteiger partial charge in [-0.15, -0.1) is 0 Å². The van der Waals surface area contributed by atoms with Gasteiger partial charge in [-0.25, -0.2) is 4.68 Å². The van der Waals surface area contributed by atoms with Gasteiger partial charge >= 0.3 is 0 Å². The van der Waals surface area contributed by atoms with Crippen molar-refractivity contribution in [3.05, 3.63) is 75.9 Å². The van der Waals surface area contributed by atoms with E-state index >= 15 is 0 Å². The Kier molecular flexibility index (Phi) is 8.86. The van der Waals surface area contributed by atoms with E-state index < -0.39 is 0 Å². The highest BCUT2D eigenvalue weighted by Gasteiger charge is 2.24. The van der Waals surface area contributed by atoms with E-state index in [9.17, 15) is 9.59 Å².